The topological polar surface area (TPSA) is 63.5 Å². The van der Waals surface area contributed by atoms with E-state index in [1.54, 1.807) is 0 Å². The van der Waals surface area contributed by atoms with Crippen molar-refractivity contribution >= 4 is 6.09 Å². The molecule has 1 aromatic heterocycles. The molecule has 2 rings (SSSR count). The van der Waals surface area contributed by atoms with Crippen molar-refractivity contribution in [1.82, 2.24) is 10.6 Å². The van der Waals surface area contributed by atoms with Gasteiger partial charge in [0.15, 0.2) is 0 Å². The first-order chi connectivity index (χ1) is 10.9. The number of rotatable bonds is 5. The van der Waals surface area contributed by atoms with E-state index in [0.29, 0.717) is 6.04 Å². The summed E-state index contributed by atoms with van der Waals surface area (Å²) in [7, 11) is 0. The highest BCUT2D eigenvalue weighted by Crippen LogP contribution is 2.20. The molecule has 5 nitrogen and oxygen atoms in total. The van der Waals surface area contributed by atoms with Crippen LogP contribution >= 0.6 is 0 Å². The Hall–Kier alpha value is -1.49. The molecule has 23 heavy (non-hydrogen) atoms. The van der Waals surface area contributed by atoms with Gasteiger partial charge >= 0.3 is 6.09 Å². The average molecular weight is 322 g/mol. The number of amides is 1. The van der Waals surface area contributed by atoms with Crippen molar-refractivity contribution in [3.8, 4) is 0 Å². The quantitative estimate of drug-likeness (QED) is 0.866. The van der Waals surface area contributed by atoms with Crippen molar-refractivity contribution in [1.29, 1.82) is 0 Å². The molecule has 130 valence electrons. The van der Waals surface area contributed by atoms with Gasteiger partial charge in [-0.2, -0.15) is 0 Å². The van der Waals surface area contributed by atoms with Crippen molar-refractivity contribution < 1.29 is 13.9 Å². The van der Waals surface area contributed by atoms with Crippen molar-refractivity contribution in [3.63, 3.8) is 0 Å². The van der Waals surface area contributed by atoms with Gasteiger partial charge in [-0.25, -0.2) is 4.79 Å². The summed E-state index contributed by atoms with van der Waals surface area (Å²) in [5.41, 5.74) is -0.441. The normalized spacial score (nSPS) is 21.9. The van der Waals surface area contributed by atoms with E-state index in [0.717, 1.165) is 50.2 Å². The van der Waals surface area contributed by atoms with E-state index in [1.807, 2.05) is 32.9 Å². The monoisotopic (exact) mass is 322 g/mol. The molecular weight excluding hydrogens is 292 g/mol. The predicted octanol–water partition coefficient (Wildman–Crippen LogP) is 3.77. The molecule has 1 heterocycles. The number of aryl methyl sites for hydroxylation is 1. The van der Waals surface area contributed by atoms with Crippen molar-refractivity contribution in [3.05, 3.63) is 23.7 Å². The lowest BCUT2D eigenvalue weighted by Gasteiger charge is -2.30. The summed E-state index contributed by atoms with van der Waals surface area (Å²) in [5, 5.41) is 6.52. The molecule has 0 unspecified atom stereocenters. The van der Waals surface area contributed by atoms with Crippen LogP contribution in [0.2, 0.25) is 0 Å². The van der Waals surface area contributed by atoms with Gasteiger partial charge in [0.05, 0.1) is 6.54 Å². The van der Waals surface area contributed by atoms with Gasteiger partial charge in [0.25, 0.3) is 0 Å². The van der Waals surface area contributed by atoms with Gasteiger partial charge in [0.1, 0.15) is 17.1 Å². The van der Waals surface area contributed by atoms with Crippen LogP contribution in [-0.2, 0) is 17.7 Å². The molecule has 1 fully saturated rings. The third-order valence-corrected chi connectivity index (χ3v) is 4.08. The van der Waals surface area contributed by atoms with E-state index >= 15 is 0 Å². The van der Waals surface area contributed by atoms with E-state index in [-0.39, 0.29) is 12.1 Å². The van der Waals surface area contributed by atoms with Gasteiger partial charge in [0.2, 0.25) is 0 Å². The second-order valence-corrected chi connectivity index (χ2v) is 7.30. The largest absolute Gasteiger partial charge is 0.465 e. The first kappa shape index (κ1) is 17.9. The molecule has 0 aromatic carbocycles. The third-order valence-electron chi connectivity index (χ3n) is 4.08. The van der Waals surface area contributed by atoms with Crippen molar-refractivity contribution in [2.75, 3.05) is 0 Å². The number of hydrogen-bond donors (Lipinski definition) is 2. The molecule has 1 aliphatic rings. The predicted molar refractivity (Wildman–Crippen MR) is 90.3 cm³/mol. The summed E-state index contributed by atoms with van der Waals surface area (Å²) in [6.07, 6.45) is 4.70. The van der Waals surface area contributed by atoms with Gasteiger partial charge in [-0.3, -0.25) is 0 Å². The standard InChI is InChI=1S/C18H30N2O3/c1-5-15-10-11-16(22-15)12-19-13-6-8-14(9-7-13)20-17(21)23-18(2,3)4/h10-11,13-14,19H,5-9,12H2,1-4H3,(H,20,21). The molecule has 1 aromatic rings. The Kier molecular flexibility index (Phi) is 6.10. The Morgan fingerprint density at radius 3 is 2.35 bits per heavy atom. The van der Waals surface area contributed by atoms with Gasteiger partial charge in [-0.15, -0.1) is 0 Å². The lowest BCUT2D eigenvalue weighted by atomic mass is 9.91. The number of nitrogens with one attached hydrogen (secondary N) is 2. The molecule has 0 atom stereocenters. The summed E-state index contributed by atoms with van der Waals surface area (Å²) in [6.45, 7) is 8.51. The molecule has 0 saturated heterocycles. The maximum absolute atomic E-state index is 11.8. The lowest BCUT2D eigenvalue weighted by Crippen LogP contribution is -2.43. The van der Waals surface area contributed by atoms with E-state index < -0.39 is 5.60 Å². The minimum absolute atomic E-state index is 0.221. The van der Waals surface area contributed by atoms with Crippen LogP contribution in [0.3, 0.4) is 0 Å². The van der Waals surface area contributed by atoms with Crippen LogP contribution < -0.4 is 10.6 Å². The lowest BCUT2D eigenvalue weighted by molar-refractivity contribution is 0.0489. The smallest absolute Gasteiger partial charge is 0.407 e. The maximum atomic E-state index is 11.8. The zero-order valence-corrected chi connectivity index (χ0v) is 14.8. The van der Waals surface area contributed by atoms with Crippen LogP contribution in [0.1, 0.15) is 64.9 Å². The van der Waals surface area contributed by atoms with E-state index in [2.05, 4.69) is 17.6 Å². The number of hydrogen-bond acceptors (Lipinski definition) is 4. The summed E-state index contributed by atoms with van der Waals surface area (Å²) in [4.78, 5) is 11.8. The second kappa shape index (κ2) is 7.86. The number of carbonyl (C=O) groups is 1. The average Bonchev–Trinajstić information content (AvgIpc) is 2.92. The fraction of sp³-hybridized carbons (Fsp3) is 0.722. The zero-order chi connectivity index (χ0) is 16.9. The van der Waals surface area contributed by atoms with E-state index in [1.165, 1.54) is 0 Å². The highest BCUT2D eigenvalue weighted by molar-refractivity contribution is 5.68. The molecular formula is C18H30N2O3. The number of carbonyl (C=O) groups excluding carboxylic acids is 1. The van der Waals surface area contributed by atoms with Crippen LogP contribution in [0.25, 0.3) is 0 Å². The Balaban J connectivity index is 1.66. The van der Waals surface area contributed by atoms with Crippen molar-refractivity contribution in [2.24, 2.45) is 0 Å². The minimum Gasteiger partial charge on any atom is -0.465 e. The highest BCUT2D eigenvalue weighted by Gasteiger charge is 2.24. The molecule has 1 saturated carbocycles. The molecule has 1 amide bonds. The van der Waals surface area contributed by atoms with Crippen LogP contribution in [0.5, 0.6) is 0 Å². The number of ether oxygens (including phenoxy) is 1. The first-order valence-corrected chi connectivity index (χ1v) is 8.66. The van der Waals surface area contributed by atoms with Gasteiger partial charge in [-0.05, 0) is 58.6 Å². The van der Waals surface area contributed by atoms with Gasteiger partial charge < -0.3 is 19.8 Å². The summed E-state index contributed by atoms with van der Waals surface area (Å²) in [6, 6.07) is 4.79. The molecule has 2 N–H and O–H groups in total. The van der Waals surface area contributed by atoms with Crippen LogP contribution in [-0.4, -0.2) is 23.8 Å². The van der Waals surface area contributed by atoms with Crippen molar-refractivity contribution in [2.45, 2.75) is 84.0 Å². The Bertz CT molecular complexity index is 497. The molecule has 0 aliphatic heterocycles. The third kappa shape index (κ3) is 6.26. The van der Waals surface area contributed by atoms with Gasteiger partial charge in [-0.1, -0.05) is 6.92 Å². The van der Waals surface area contributed by atoms with Crippen LogP contribution in [0.15, 0.2) is 16.5 Å². The Labute approximate surface area is 139 Å². The number of alkyl carbamates (subject to hydrolysis) is 1. The summed E-state index contributed by atoms with van der Waals surface area (Å²) < 4.78 is 11.0. The Morgan fingerprint density at radius 1 is 1.17 bits per heavy atom. The zero-order valence-electron chi connectivity index (χ0n) is 14.8. The molecule has 1 aliphatic carbocycles. The SMILES string of the molecule is CCc1ccc(CNC2CCC(NC(=O)OC(C)(C)C)CC2)o1. The second-order valence-electron chi connectivity index (χ2n) is 7.30. The molecule has 0 spiro atoms. The molecule has 0 bridgehead atoms. The van der Waals surface area contributed by atoms with E-state index in [4.69, 9.17) is 9.15 Å². The van der Waals surface area contributed by atoms with Gasteiger partial charge in [0, 0.05) is 18.5 Å². The molecule has 0 radical (unpaired) electrons. The van der Waals surface area contributed by atoms with Crippen LogP contribution in [0, 0.1) is 0 Å². The molecule has 5 heteroatoms. The Morgan fingerprint density at radius 2 is 1.78 bits per heavy atom. The number of furan rings is 1. The first-order valence-electron chi connectivity index (χ1n) is 8.66. The fourth-order valence-electron chi connectivity index (χ4n) is 2.87. The summed E-state index contributed by atoms with van der Waals surface area (Å²) in [5.74, 6) is 2.03. The van der Waals surface area contributed by atoms with E-state index in [9.17, 15) is 4.79 Å². The van der Waals surface area contributed by atoms with Crippen LogP contribution in [0.4, 0.5) is 4.79 Å². The summed E-state index contributed by atoms with van der Waals surface area (Å²) >= 11 is 0. The highest BCUT2D eigenvalue weighted by atomic mass is 16.6. The maximum Gasteiger partial charge on any atom is 0.407 e. The fourth-order valence-corrected chi connectivity index (χ4v) is 2.87. The minimum atomic E-state index is -0.441.